The molecular weight excluding hydrogens is 244 g/mol. The smallest absolute Gasteiger partial charge is 0.0669 e. The maximum Gasteiger partial charge on any atom is 0.0669 e. The molecular formula is C18H26N2. The summed E-state index contributed by atoms with van der Waals surface area (Å²) < 4.78 is 0. The van der Waals surface area contributed by atoms with Gasteiger partial charge in [-0.3, -0.25) is 0 Å². The van der Waals surface area contributed by atoms with Crippen molar-refractivity contribution in [2.45, 2.75) is 58.9 Å². The minimum absolute atomic E-state index is 0.360. The summed E-state index contributed by atoms with van der Waals surface area (Å²) in [6.45, 7) is 7.06. The first-order valence-electron chi connectivity index (χ1n) is 7.73. The number of hydrogen-bond donors (Lipinski definition) is 1. The second-order valence-electron chi connectivity index (χ2n) is 7.04. The van der Waals surface area contributed by atoms with Crippen LogP contribution >= 0.6 is 0 Å². The summed E-state index contributed by atoms with van der Waals surface area (Å²) >= 11 is 0. The van der Waals surface area contributed by atoms with Gasteiger partial charge in [-0.25, -0.2) is 0 Å². The third-order valence-corrected chi connectivity index (χ3v) is 4.47. The number of benzene rings is 1. The lowest BCUT2D eigenvalue weighted by molar-refractivity contribution is 0.163. The normalized spacial score (nSPS) is 23.1. The van der Waals surface area contributed by atoms with Gasteiger partial charge in [-0.1, -0.05) is 45.7 Å². The molecule has 1 aromatic rings. The van der Waals surface area contributed by atoms with E-state index >= 15 is 0 Å². The van der Waals surface area contributed by atoms with Crippen LogP contribution in [0.2, 0.25) is 0 Å². The number of nitrogens with one attached hydrogen (secondary N) is 1. The number of nitriles is 1. The standard InChI is InChI=1S/C18H26N2/c1-18(2,3)16-6-4-5-7-17(16)20-15-10-8-14(9-11-15)12-13-19/h8-11,16-17,20H,4-7,12H2,1-3H3. The van der Waals surface area contributed by atoms with Crippen LogP contribution in [-0.4, -0.2) is 6.04 Å². The van der Waals surface area contributed by atoms with E-state index in [1.165, 1.54) is 31.4 Å². The average molecular weight is 270 g/mol. The van der Waals surface area contributed by atoms with Crippen LogP contribution < -0.4 is 5.32 Å². The van der Waals surface area contributed by atoms with E-state index in [1.54, 1.807) is 0 Å². The van der Waals surface area contributed by atoms with Crippen LogP contribution in [0.1, 0.15) is 52.0 Å². The molecule has 1 aliphatic rings. The lowest BCUT2D eigenvalue weighted by Crippen LogP contribution is -2.39. The molecule has 1 aliphatic carbocycles. The fraction of sp³-hybridized carbons (Fsp3) is 0.611. The van der Waals surface area contributed by atoms with Crippen molar-refractivity contribution in [3.05, 3.63) is 29.8 Å². The van der Waals surface area contributed by atoms with E-state index < -0.39 is 0 Å². The van der Waals surface area contributed by atoms with Gasteiger partial charge in [0.25, 0.3) is 0 Å². The van der Waals surface area contributed by atoms with Gasteiger partial charge in [0.2, 0.25) is 0 Å². The Morgan fingerprint density at radius 2 is 1.80 bits per heavy atom. The molecule has 1 fully saturated rings. The number of anilines is 1. The van der Waals surface area contributed by atoms with Gasteiger partial charge in [-0.05, 0) is 41.9 Å². The van der Waals surface area contributed by atoms with Gasteiger partial charge in [0.05, 0.1) is 12.5 Å². The second-order valence-corrected chi connectivity index (χ2v) is 7.04. The largest absolute Gasteiger partial charge is 0.382 e. The molecule has 2 atom stereocenters. The molecule has 2 heteroatoms. The summed E-state index contributed by atoms with van der Waals surface area (Å²) in [5.41, 5.74) is 2.64. The Morgan fingerprint density at radius 3 is 2.40 bits per heavy atom. The Hall–Kier alpha value is -1.49. The lowest BCUT2D eigenvalue weighted by atomic mass is 9.69. The van der Waals surface area contributed by atoms with Crippen molar-refractivity contribution < 1.29 is 0 Å². The molecule has 2 rings (SSSR count). The van der Waals surface area contributed by atoms with Crippen molar-refractivity contribution in [2.75, 3.05) is 5.32 Å². The number of hydrogen-bond acceptors (Lipinski definition) is 2. The van der Waals surface area contributed by atoms with Crippen LogP contribution in [0.3, 0.4) is 0 Å². The number of rotatable bonds is 3. The Morgan fingerprint density at radius 1 is 1.15 bits per heavy atom. The van der Waals surface area contributed by atoms with E-state index in [1.807, 2.05) is 0 Å². The van der Waals surface area contributed by atoms with Crippen LogP contribution in [0.15, 0.2) is 24.3 Å². The van der Waals surface area contributed by atoms with E-state index in [0.717, 1.165) is 11.5 Å². The van der Waals surface area contributed by atoms with Crippen molar-refractivity contribution in [1.82, 2.24) is 0 Å². The first kappa shape index (κ1) is 14.9. The summed E-state index contributed by atoms with van der Waals surface area (Å²) in [7, 11) is 0. The highest BCUT2D eigenvalue weighted by Crippen LogP contribution is 2.39. The van der Waals surface area contributed by atoms with Crippen molar-refractivity contribution >= 4 is 5.69 Å². The Kier molecular flexibility index (Phi) is 4.70. The Labute approximate surface area is 123 Å². The maximum atomic E-state index is 8.71. The molecule has 20 heavy (non-hydrogen) atoms. The van der Waals surface area contributed by atoms with Crippen molar-refractivity contribution in [2.24, 2.45) is 11.3 Å². The van der Waals surface area contributed by atoms with Crippen molar-refractivity contribution in [3.8, 4) is 6.07 Å². The second kappa shape index (κ2) is 6.31. The molecule has 1 aromatic carbocycles. The van der Waals surface area contributed by atoms with Crippen LogP contribution in [0.5, 0.6) is 0 Å². The van der Waals surface area contributed by atoms with Crippen LogP contribution in [0.4, 0.5) is 5.69 Å². The van der Waals surface area contributed by atoms with Gasteiger partial charge in [-0.15, -0.1) is 0 Å². The summed E-state index contributed by atoms with van der Waals surface area (Å²) in [5, 5.41) is 12.4. The molecule has 0 heterocycles. The third-order valence-electron chi connectivity index (χ3n) is 4.47. The van der Waals surface area contributed by atoms with E-state index in [4.69, 9.17) is 5.26 Å². The Bertz CT molecular complexity index is 462. The van der Waals surface area contributed by atoms with E-state index in [0.29, 0.717) is 17.9 Å². The predicted molar refractivity (Wildman–Crippen MR) is 84.6 cm³/mol. The molecule has 0 bridgehead atoms. The molecule has 0 spiro atoms. The summed E-state index contributed by atoms with van der Waals surface area (Å²) in [5.74, 6) is 0.732. The highest BCUT2D eigenvalue weighted by atomic mass is 14.9. The molecule has 1 saturated carbocycles. The molecule has 0 aliphatic heterocycles. The quantitative estimate of drug-likeness (QED) is 0.858. The fourth-order valence-electron chi connectivity index (χ4n) is 3.36. The molecule has 2 nitrogen and oxygen atoms in total. The zero-order valence-electron chi connectivity index (χ0n) is 12.9. The van der Waals surface area contributed by atoms with Crippen LogP contribution in [0, 0.1) is 22.7 Å². The Balaban J connectivity index is 2.05. The fourth-order valence-corrected chi connectivity index (χ4v) is 3.36. The molecule has 0 saturated heterocycles. The molecule has 0 aromatic heterocycles. The zero-order chi connectivity index (χ0) is 14.6. The average Bonchev–Trinajstić information content (AvgIpc) is 2.41. The number of nitrogens with zero attached hydrogens (tertiary/aromatic N) is 1. The van der Waals surface area contributed by atoms with Gasteiger partial charge in [0.1, 0.15) is 0 Å². The molecule has 108 valence electrons. The minimum atomic E-state index is 0.360. The van der Waals surface area contributed by atoms with Gasteiger partial charge >= 0.3 is 0 Å². The first-order chi connectivity index (χ1) is 9.50. The predicted octanol–water partition coefficient (Wildman–Crippen LogP) is 4.77. The summed E-state index contributed by atoms with van der Waals surface area (Å²) in [6.07, 6.45) is 5.78. The van der Waals surface area contributed by atoms with E-state index in [9.17, 15) is 0 Å². The van der Waals surface area contributed by atoms with E-state index in [-0.39, 0.29) is 0 Å². The minimum Gasteiger partial charge on any atom is -0.382 e. The van der Waals surface area contributed by atoms with Crippen molar-refractivity contribution in [3.63, 3.8) is 0 Å². The summed E-state index contributed by atoms with van der Waals surface area (Å²) in [6, 6.07) is 11.1. The SMILES string of the molecule is CC(C)(C)C1CCCCC1Nc1ccc(CC#N)cc1. The molecule has 0 amide bonds. The molecule has 1 N–H and O–H groups in total. The topological polar surface area (TPSA) is 35.8 Å². The third kappa shape index (κ3) is 3.76. The van der Waals surface area contributed by atoms with Crippen LogP contribution in [0.25, 0.3) is 0 Å². The highest BCUT2D eigenvalue weighted by molar-refractivity contribution is 5.46. The monoisotopic (exact) mass is 270 g/mol. The molecule has 2 unspecified atom stereocenters. The molecule has 0 radical (unpaired) electrons. The van der Waals surface area contributed by atoms with Crippen LogP contribution in [-0.2, 0) is 6.42 Å². The van der Waals surface area contributed by atoms with E-state index in [2.05, 4.69) is 56.4 Å². The zero-order valence-corrected chi connectivity index (χ0v) is 12.9. The van der Waals surface area contributed by atoms with Gasteiger partial charge in [-0.2, -0.15) is 5.26 Å². The van der Waals surface area contributed by atoms with Gasteiger partial charge in [0.15, 0.2) is 0 Å². The highest BCUT2D eigenvalue weighted by Gasteiger charge is 2.33. The first-order valence-corrected chi connectivity index (χ1v) is 7.73. The maximum absolute atomic E-state index is 8.71. The van der Waals surface area contributed by atoms with Crippen molar-refractivity contribution in [1.29, 1.82) is 5.26 Å². The summed E-state index contributed by atoms with van der Waals surface area (Å²) in [4.78, 5) is 0. The van der Waals surface area contributed by atoms with Gasteiger partial charge < -0.3 is 5.32 Å². The lowest BCUT2D eigenvalue weighted by Gasteiger charge is -2.41. The van der Waals surface area contributed by atoms with Gasteiger partial charge in [0, 0.05) is 11.7 Å².